The summed E-state index contributed by atoms with van der Waals surface area (Å²) in [6, 6.07) is 7.96. The van der Waals surface area contributed by atoms with Gasteiger partial charge in [0.25, 0.3) is 0 Å². The minimum absolute atomic E-state index is 0.775. The van der Waals surface area contributed by atoms with Crippen molar-refractivity contribution in [3.05, 3.63) is 30.0 Å². The molecule has 0 amide bonds. The van der Waals surface area contributed by atoms with Crippen molar-refractivity contribution in [2.45, 2.75) is 19.3 Å². The maximum absolute atomic E-state index is 5.59. The zero-order valence-electron chi connectivity index (χ0n) is 10.4. The van der Waals surface area contributed by atoms with E-state index in [1.165, 1.54) is 12.8 Å². The number of ether oxygens (including phenoxy) is 1. The average molecular weight is 243 g/mol. The van der Waals surface area contributed by atoms with E-state index in [4.69, 9.17) is 15.6 Å². The summed E-state index contributed by atoms with van der Waals surface area (Å²) in [7, 11) is 1.67. The molecular formula is C14H17N3O. The van der Waals surface area contributed by atoms with Crippen LogP contribution in [0.2, 0.25) is 0 Å². The van der Waals surface area contributed by atoms with E-state index in [1.807, 2.05) is 24.3 Å². The molecule has 1 aliphatic rings. The summed E-state index contributed by atoms with van der Waals surface area (Å²) in [5, 5.41) is 1.04. The molecule has 4 nitrogen and oxygen atoms in total. The molecule has 1 heterocycles. The third-order valence-electron chi connectivity index (χ3n) is 3.44. The Morgan fingerprint density at radius 2 is 2.28 bits per heavy atom. The number of nitrogens with zero attached hydrogens (tertiary/aromatic N) is 1. The molecule has 94 valence electrons. The number of hydrogen-bond donors (Lipinski definition) is 2. The summed E-state index contributed by atoms with van der Waals surface area (Å²) >= 11 is 0. The highest BCUT2D eigenvalue weighted by Crippen LogP contribution is 2.35. The van der Waals surface area contributed by atoms with Crippen LogP contribution in [0, 0.1) is 5.92 Å². The molecule has 2 aromatic rings. The zero-order valence-corrected chi connectivity index (χ0v) is 10.4. The Kier molecular flexibility index (Phi) is 2.80. The molecule has 1 fully saturated rings. The highest BCUT2D eigenvalue weighted by atomic mass is 16.5. The molecule has 0 spiro atoms. The number of hydrogen-bond acceptors (Lipinski definition) is 4. The van der Waals surface area contributed by atoms with Crippen LogP contribution < -0.4 is 16.0 Å². The van der Waals surface area contributed by atoms with Crippen molar-refractivity contribution >= 4 is 16.6 Å². The highest BCUT2D eigenvalue weighted by molar-refractivity contribution is 5.87. The summed E-state index contributed by atoms with van der Waals surface area (Å²) < 4.78 is 5.36. The molecule has 1 aromatic heterocycles. The average Bonchev–Trinajstić information content (AvgIpc) is 3.21. The Morgan fingerprint density at radius 1 is 1.44 bits per heavy atom. The van der Waals surface area contributed by atoms with E-state index < -0.39 is 0 Å². The van der Waals surface area contributed by atoms with Crippen LogP contribution in [0.4, 0.5) is 5.69 Å². The van der Waals surface area contributed by atoms with Crippen molar-refractivity contribution in [3.63, 3.8) is 0 Å². The minimum Gasteiger partial charge on any atom is -0.494 e. The topological polar surface area (TPSA) is 60.2 Å². The van der Waals surface area contributed by atoms with Gasteiger partial charge in [0.05, 0.1) is 18.5 Å². The number of hydrazine groups is 1. The van der Waals surface area contributed by atoms with Crippen LogP contribution in [0.5, 0.6) is 5.75 Å². The summed E-state index contributed by atoms with van der Waals surface area (Å²) in [6.07, 6.45) is 3.60. The second-order valence-corrected chi connectivity index (χ2v) is 4.81. The highest BCUT2D eigenvalue weighted by Gasteiger charge is 2.24. The van der Waals surface area contributed by atoms with Crippen molar-refractivity contribution in [1.82, 2.24) is 4.98 Å². The van der Waals surface area contributed by atoms with Crippen LogP contribution in [0.1, 0.15) is 18.5 Å². The first-order chi connectivity index (χ1) is 8.81. The van der Waals surface area contributed by atoms with Gasteiger partial charge in [-0.05, 0) is 37.3 Å². The lowest BCUT2D eigenvalue weighted by atomic mass is 10.1. The van der Waals surface area contributed by atoms with Crippen LogP contribution in [0.15, 0.2) is 24.3 Å². The number of nitrogens with one attached hydrogen (secondary N) is 1. The van der Waals surface area contributed by atoms with Gasteiger partial charge in [0, 0.05) is 5.39 Å². The lowest BCUT2D eigenvalue weighted by Gasteiger charge is -2.11. The second kappa shape index (κ2) is 4.46. The van der Waals surface area contributed by atoms with E-state index in [2.05, 4.69) is 5.43 Å². The van der Waals surface area contributed by atoms with Crippen molar-refractivity contribution in [2.24, 2.45) is 11.8 Å². The predicted octanol–water partition coefficient (Wildman–Crippen LogP) is 2.48. The van der Waals surface area contributed by atoms with Gasteiger partial charge in [0.15, 0.2) is 0 Å². The van der Waals surface area contributed by atoms with Crippen molar-refractivity contribution in [2.75, 3.05) is 12.5 Å². The normalized spacial score (nSPS) is 14.8. The Hall–Kier alpha value is -1.81. The number of anilines is 1. The van der Waals surface area contributed by atoms with Gasteiger partial charge in [-0.1, -0.05) is 12.1 Å². The van der Waals surface area contributed by atoms with Gasteiger partial charge >= 0.3 is 0 Å². The van der Waals surface area contributed by atoms with E-state index >= 15 is 0 Å². The van der Waals surface area contributed by atoms with E-state index in [1.54, 1.807) is 7.11 Å². The number of aromatic nitrogens is 1. The quantitative estimate of drug-likeness (QED) is 0.639. The van der Waals surface area contributed by atoms with Gasteiger partial charge in [-0.2, -0.15) is 0 Å². The van der Waals surface area contributed by atoms with Crippen LogP contribution in [-0.4, -0.2) is 12.1 Å². The van der Waals surface area contributed by atoms with Gasteiger partial charge in [0.1, 0.15) is 11.3 Å². The number of para-hydroxylation sites is 1. The predicted molar refractivity (Wildman–Crippen MR) is 72.5 cm³/mol. The first-order valence-electron chi connectivity index (χ1n) is 6.25. The molecule has 3 rings (SSSR count). The van der Waals surface area contributed by atoms with Gasteiger partial charge in [-0.3, -0.25) is 5.84 Å². The first-order valence-corrected chi connectivity index (χ1v) is 6.25. The number of nitrogen functional groups attached to an aromatic ring is 1. The molecule has 18 heavy (non-hydrogen) atoms. The minimum atomic E-state index is 0.775. The number of benzene rings is 1. The first kappa shape index (κ1) is 11.3. The number of pyridine rings is 1. The third kappa shape index (κ3) is 1.99. The third-order valence-corrected chi connectivity index (χ3v) is 3.44. The molecule has 1 aliphatic carbocycles. The van der Waals surface area contributed by atoms with Gasteiger partial charge in [-0.15, -0.1) is 0 Å². The lowest BCUT2D eigenvalue weighted by molar-refractivity contribution is 0.419. The van der Waals surface area contributed by atoms with E-state index in [-0.39, 0.29) is 0 Å². The Balaban J connectivity index is 2.13. The van der Waals surface area contributed by atoms with Crippen LogP contribution in [-0.2, 0) is 6.42 Å². The molecule has 0 saturated heterocycles. The van der Waals surface area contributed by atoms with Crippen LogP contribution in [0.3, 0.4) is 0 Å². The zero-order chi connectivity index (χ0) is 12.5. The Morgan fingerprint density at radius 3 is 2.94 bits per heavy atom. The van der Waals surface area contributed by atoms with E-state index in [9.17, 15) is 0 Å². The maximum atomic E-state index is 5.59. The summed E-state index contributed by atoms with van der Waals surface area (Å²) in [6.45, 7) is 0. The Bertz CT molecular complexity index is 579. The van der Waals surface area contributed by atoms with E-state index in [0.717, 1.165) is 40.4 Å². The molecule has 0 aliphatic heterocycles. The smallest absolute Gasteiger partial charge is 0.145 e. The number of rotatable bonds is 4. The molecule has 1 aromatic carbocycles. The van der Waals surface area contributed by atoms with Crippen LogP contribution in [0.25, 0.3) is 10.9 Å². The second-order valence-electron chi connectivity index (χ2n) is 4.81. The molecule has 4 heteroatoms. The number of fused-ring (bicyclic) bond motifs is 1. The van der Waals surface area contributed by atoms with Gasteiger partial charge in [0.2, 0.25) is 0 Å². The fourth-order valence-corrected chi connectivity index (χ4v) is 2.25. The summed E-state index contributed by atoms with van der Waals surface area (Å²) in [5.74, 6) is 7.17. The summed E-state index contributed by atoms with van der Waals surface area (Å²) in [4.78, 5) is 4.73. The van der Waals surface area contributed by atoms with Crippen molar-refractivity contribution in [1.29, 1.82) is 0 Å². The van der Waals surface area contributed by atoms with Crippen molar-refractivity contribution in [3.8, 4) is 5.75 Å². The SMILES string of the molecule is COc1cccc2cc(NN)c(CC3CC3)nc12. The Labute approximate surface area is 106 Å². The van der Waals surface area contributed by atoms with E-state index in [0.29, 0.717) is 0 Å². The van der Waals surface area contributed by atoms with Crippen molar-refractivity contribution < 1.29 is 4.74 Å². The molecule has 1 saturated carbocycles. The van der Waals surface area contributed by atoms with Gasteiger partial charge < -0.3 is 10.2 Å². The molecule has 3 N–H and O–H groups in total. The molecule has 0 bridgehead atoms. The number of nitrogens with two attached hydrogens (primary N) is 1. The monoisotopic (exact) mass is 243 g/mol. The fraction of sp³-hybridized carbons (Fsp3) is 0.357. The molecule has 0 atom stereocenters. The molecule has 0 radical (unpaired) electrons. The standard InChI is InChI=1S/C14H17N3O/c1-18-13-4-2-3-10-8-12(17-15)11(16-14(10)13)7-9-5-6-9/h2-4,8-9,17H,5-7,15H2,1H3. The lowest BCUT2D eigenvalue weighted by Crippen LogP contribution is -2.11. The van der Waals surface area contributed by atoms with Gasteiger partial charge in [-0.25, -0.2) is 4.98 Å². The summed E-state index contributed by atoms with van der Waals surface area (Å²) in [5.41, 5.74) is 5.62. The number of methoxy groups -OCH3 is 1. The van der Waals surface area contributed by atoms with Crippen LogP contribution >= 0.6 is 0 Å². The molecular weight excluding hydrogens is 226 g/mol. The fourth-order valence-electron chi connectivity index (χ4n) is 2.25. The molecule has 0 unspecified atom stereocenters. The largest absolute Gasteiger partial charge is 0.494 e. The maximum Gasteiger partial charge on any atom is 0.145 e.